The molecule has 0 aromatic rings. The summed E-state index contributed by atoms with van der Waals surface area (Å²) in [6, 6.07) is 0. The number of unbranched alkanes of at least 4 members (excludes halogenated alkanes) is 30. The molecule has 0 aromatic heterocycles. The summed E-state index contributed by atoms with van der Waals surface area (Å²) >= 11 is 0. The first-order valence-corrected chi connectivity index (χ1v) is 42.1. The predicted octanol–water partition coefficient (Wildman–Crippen LogP) is 22.6. The number of carbonyl (C=O) groups is 4. The second-order valence-corrected chi connectivity index (χ2v) is 28.9. The first-order chi connectivity index (χ1) is 48.7. The van der Waals surface area contributed by atoms with Gasteiger partial charge in [0, 0.05) is 25.7 Å². The Morgan fingerprint density at radius 1 is 0.290 bits per heavy atom. The normalized spacial score (nSPS) is 14.5. The Kier molecular flexibility index (Phi) is 69.9. The zero-order chi connectivity index (χ0) is 73.2. The Morgan fingerprint density at radius 3 is 0.880 bits per heavy atom. The molecule has 0 heterocycles. The van der Waals surface area contributed by atoms with Crippen molar-refractivity contribution in [2.24, 2.45) is 0 Å². The van der Waals surface area contributed by atoms with Gasteiger partial charge in [0.1, 0.15) is 19.3 Å². The molecule has 0 aliphatic heterocycles. The lowest BCUT2D eigenvalue weighted by Crippen LogP contribution is -2.30. The van der Waals surface area contributed by atoms with E-state index in [2.05, 4.69) is 125 Å². The molecule has 0 aliphatic rings. The van der Waals surface area contributed by atoms with Crippen LogP contribution >= 0.6 is 15.6 Å². The molecule has 0 aliphatic carbocycles. The fraction of sp³-hybridized carbons (Fsp3) is 0.728. The van der Waals surface area contributed by atoms with Crippen LogP contribution in [0, 0.1) is 0 Å². The number of esters is 4. The molecule has 0 aromatic carbocycles. The summed E-state index contributed by atoms with van der Waals surface area (Å²) in [6.07, 6.45) is 77.9. The van der Waals surface area contributed by atoms with Gasteiger partial charge < -0.3 is 33.8 Å². The van der Waals surface area contributed by atoms with Crippen molar-refractivity contribution in [2.75, 3.05) is 39.6 Å². The van der Waals surface area contributed by atoms with Crippen LogP contribution in [0.5, 0.6) is 0 Å². The Morgan fingerprint density at radius 2 is 0.530 bits per heavy atom. The molecule has 2 unspecified atom stereocenters. The van der Waals surface area contributed by atoms with Gasteiger partial charge in [-0.25, -0.2) is 9.13 Å². The number of aliphatic hydroxyl groups is 1. The van der Waals surface area contributed by atoms with Gasteiger partial charge in [-0.05, 0) is 148 Å². The quantitative estimate of drug-likeness (QED) is 0.0128. The molecular weight excluding hydrogens is 1310 g/mol. The van der Waals surface area contributed by atoms with Crippen molar-refractivity contribution in [3.8, 4) is 0 Å². The van der Waals surface area contributed by atoms with Crippen LogP contribution in [0.4, 0.5) is 0 Å². The van der Waals surface area contributed by atoms with E-state index in [1.54, 1.807) is 0 Å². The van der Waals surface area contributed by atoms with Crippen molar-refractivity contribution >= 4 is 39.5 Å². The minimum absolute atomic E-state index is 0.0719. The van der Waals surface area contributed by atoms with Crippen LogP contribution in [0.1, 0.15) is 323 Å². The molecule has 3 N–H and O–H groups in total. The highest BCUT2D eigenvalue weighted by Crippen LogP contribution is 2.45. The van der Waals surface area contributed by atoms with Gasteiger partial charge in [-0.3, -0.25) is 37.3 Å². The van der Waals surface area contributed by atoms with Crippen molar-refractivity contribution in [1.29, 1.82) is 0 Å². The monoisotopic (exact) mass is 1450 g/mol. The number of hydrogen-bond acceptors (Lipinski definition) is 15. The topological polar surface area (TPSA) is 237 Å². The van der Waals surface area contributed by atoms with E-state index in [4.69, 9.17) is 37.0 Å². The maximum Gasteiger partial charge on any atom is 0.472 e. The summed E-state index contributed by atoms with van der Waals surface area (Å²) in [5.74, 6) is -2.27. The van der Waals surface area contributed by atoms with Crippen LogP contribution in [0.2, 0.25) is 0 Å². The van der Waals surface area contributed by atoms with E-state index in [9.17, 15) is 43.2 Å². The first kappa shape index (κ1) is 95.7. The third-order valence-electron chi connectivity index (χ3n) is 16.2. The minimum Gasteiger partial charge on any atom is -0.462 e. The molecule has 0 fully saturated rings. The molecule has 0 bridgehead atoms. The first-order valence-electron chi connectivity index (χ1n) is 39.1. The molecule has 5 atom stereocenters. The highest BCUT2D eigenvalue weighted by Gasteiger charge is 2.30. The SMILES string of the molecule is CCCCC/C=C\C/C=C\C/C=C\C/C=C\CCCC(=O)OC[C@H](COP(=O)(O)OC[C@@H](O)COP(=O)(O)OC[C@@H](COC(=O)CCCCCCC/C=C\C/C=C\CCCCC)OC(=O)CCCCCCC/C=C\C=C/CCCCCC)OC(=O)CCCCCCC/C=C\CCCCCC. The largest absolute Gasteiger partial charge is 0.472 e. The van der Waals surface area contributed by atoms with Crippen molar-refractivity contribution < 1.29 is 80.2 Å². The molecular formula is C81H140O17P2. The van der Waals surface area contributed by atoms with Gasteiger partial charge >= 0.3 is 39.5 Å². The van der Waals surface area contributed by atoms with Crippen molar-refractivity contribution in [3.63, 3.8) is 0 Å². The fourth-order valence-corrected chi connectivity index (χ4v) is 11.7. The lowest BCUT2D eigenvalue weighted by atomic mass is 10.1. The molecule has 17 nitrogen and oxygen atoms in total. The van der Waals surface area contributed by atoms with Gasteiger partial charge in [-0.1, -0.05) is 259 Å². The highest BCUT2D eigenvalue weighted by molar-refractivity contribution is 7.47. The second kappa shape index (κ2) is 73.0. The predicted molar refractivity (Wildman–Crippen MR) is 408 cm³/mol. The van der Waals surface area contributed by atoms with Gasteiger partial charge in [0.25, 0.3) is 0 Å². The number of allylic oxidation sites excluding steroid dienone is 18. The molecule has 100 heavy (non-hydrogen) atoms. The Balaban J connectivity index is 5.42. The Hall–Kier alpha value is -4.28. The van der Waals surface area contributed by atoms with E-state index < -0.39 is 97.5 Å². The van der Waals surface area contributed by atoms with Gasteiger partial charge in [-0.15, -0.1) is 0 Å². The van der Waals surface area contributed by atoms with E-state index in [0.717, 1.165) is 148 Å². The number of phosphoric ester groups is 2. The average molecular weight is 1450 g/mol. The highest BCUT2D eigenvalue weighted by atomic mass is 31.2. The summed E-state index contributed by atoms with van der Waals surface area (Å²) in [5.41, 5.74) is 0. The summed E-state index contributed by atoms with van der Waals surface area (Å²) in [4.78, 5) is 72.9. The van der Waals surface area contributed by atoms with Crippen LogP contribution in [0.3, 0.4) is 0 Å². The molecule has 0 saturated carbocycles. The standard InChI is InChI=1S/C81H140O17P2/c1-5-9-13-17-21-25-29-33-36-37-40-43-46-50-54-58-62-66-79(84)92-71-76(97-80(85)67-63-59-55-51-47-41-32-28-24-20-16-12-8-4)73-95-99(87,88)93-69-75(82)70-94-100(89,90)96-74-77(98-81(86)68-64-60-56-52-48-44-39-35-31-27-23-19-15-11-7-3)72-91-78(83)65-61-57-53-49-45-42-38-34-30-26-22-18-14-10-6-2/h21-22,25-28,31-36,38-40,43,50,54,75-77,82H,5-20,23-24,29-30,37,41-42,44-49,51-53,55-74H2,1-4H3,(H,87,88)(H,89,90)/b25-21-,26-22-,31-27-,32-28-,36-33-,38-34-,39-35-,43-40-,54-50-/t75-,76-,77-/m1/s1. The summed E-state index contributed by atoms with van der Waals surface area (Å²) in [5, 5.41) is 10.6. The summed E-state index contributed by atoms with van der Waals surface area (Å²) in [6.45, 7) is 4.69. The van der Waals surface area contributed by atoms with Gasteiger partial charge in [-0.2, -0.15) is 0 Å². The van der Waals surface area contributed by atoms with Crippen molar-refractivity contribution in [3.05, 3.63) is 109 Å². The number of aliphatic hydroxyl groups excluding tert-OH is 1. The number of phosphoric acid groups is 2. The average Bonchev–Trinajstić information content (AvgIpc) is 0.965. The van der Waals surface area contributed by atoms with E-state index in [-0.39, 0.29) is 25.7 Å². The lowest BCUT2D eigenvalue weighted by Gasteiger charge is -2.21. The van der Waals surface area contributed by atoms with Gasteiger partial charge in [0.2, 0.25) is 0 Å². The van der Waals surface area contributed by atoms with E-state index in [1.165, 1.54) is 89.9 Å². The lowest BCUT2D eigenvalue weighted by molar-refractivity contribution is -0.161. The number of hydrogen-bond donors (Lipinski definition) is 3. The molecule has 0 rings (SSSR count). The Labute approximate surface area is 607 Å². The summed E-state index contributed by atoms with van der Waals surface area (Å²) in [7, 11) is -9.98. The molecule has 0 amide bonds. The summed E-state index contributed by atoms with van der Waals surface area (Å²) < 4.78 is 68.4. The fourth-order valence-electron chi connectivity index (χ4n) is 10.2. The van der Waals surface area contributed by atoms with Gasteiger partial charge in [0.05, 0.1) is 26.4 Å². The smallest absolute Gasteiger partial charge is 0.462 e. The van der Waals surface area contributed by atoms with E-state index in [0.29, 0.717) is 32.1 Å². The Bertz CT molecular complexity index is 2320. The second-order valence-electron chi connectivity index (χ2n) is 26.0. The van der Waals surface area contributed by atoms with Crippen LogP contribution in [-0.2, 0) is 65.4 Å². The van der Waals surface area contributed by atoms with E-state index in [1.807, 2.05) is 12.2 Å². The van der Waals surface area contributed by atoms with Gasteiger partial charge in [0.15, 0.2) is 12.2 Å². The maximum absolute atomic E-state index is 13.1. The van der Waals surface area contributed by atoms with Crippen LogP contribution in [-0.4, -0.2) is 96.7 Å². The molecule has 0 saturated heterocycles. The number of rotatable bonds is 73. The molecule has 0 radical (unpaired) electrons. The third kappa shape index (κ3) is 72.1. The van der Waals surface area contributed by atoms with E-state index >= 15 is 0 Å². The van der Waals surface area contributed by atoms with Crippen LogP contribution in [0.25, 0.3) is 0 Å². The van der Waals surface area contributed by atoms with Crippen molar-refractivity contribution in [1.82, 2.24) is 0 Å². The third-order valence-corrected chi connectivity index (χ3v) is 18.1. The molecule has 576 valence electrons. The molecule has 19 heteroatoms. The van der Waals surface area contributed by atoms with Crippen molar-refractivity contribution in [2.45, 2.75) is 341 Å². The minimum atomic E-state index is -4.99. The number of ether oxygens (including phenoxy) is 4. The van der Waals surface area contributed by atoms with Crippen LogP contribution < -0.4 is 0 Å². The molecule has 0 spiro atoms. The number of carbonyl (C=O) groups excluding carboxylic acids is 4. The zero-order valence-corrected chi connectivity index (χ0v) is 64.6. The zero-order valence-electron chi connectivity index (χ0n) is 62.8. The maximum atomic E-state index is 13.1. The van der Waals surface area contributed by atoms with Crippen LogP contribution in [0.15, 0.2) is 109 Å².